The fourth-order valence-electron chi connectivity index (χ4n) is 5.17. The highest BCUT2D eigenvalue weighted by molar-refractivity contribution is 6.31. The van der Waals surface area contributed by atoms with E-state index in [0.29, 0.717) is 29.0 Å². The van der Waals surface area contributed by atoms with Crippen molar-refractivity contribution in [3.8, 4) is 0 Å². The largest absolute Gasteiger partial charge is 0.469 e. The summed E-state index contributed by atoms with van der Waals surface area (Å²) in [5.74, 6) is -0.714. The minimum absolute atomic E-state index is 0.147. The van der Waals surface area contributed by atoms with Crippen molar-refractivity contribution in [3.05, 3.63) is 98.1 Å². The molecule has 2 aliphatic rings. The molecule has 4 rings (SSSR count). The lowest BCUT2D eigenvalue weighted by Crippen LogP contribution is -2.15. The number of carbonyl (C=O) groups excluding carboxylic acids is 3. The van der Waals surface area contributed by atoms with Gasteiger partial charge in [-0.3, -0.25) is 14.4 Å². The molecule has 41 heavy (non-hydrogen) atoms. The van der Waals surface area contributed by atoms with Gasteiger partial charge in [-0.15, -0.1) is 0 Å². The van der Waals surface area contributed by atoms with E-state index in [9.17, 15) is 14.4 Å². The predicted molar refractivity (Wildman–Crippen MR) is 162 cm³/mol. The summed E-state index contributed by atoms with van der Waals surface area (Å²) in [6, 6.07) is 2.08. The Labute approximate surface area is 239 Å². The van der Waals surface area contributed by atoms with Gasteiger partial charge in [-0.25, -0.2) is 4.99 Å². The second-order valence-electron chi connectivity index (χ2n) is 10.1. The first-order valence-corrected chi connectivity index (χ1v) is 13.6. The molecule has 0 bridgehead atoms. The van der Waals surface area contributed by atoms with Crippen LogP contribution in [0, 0.1) is 6.92 Å². The van der Waals surface area contributed by atoms with Crippen LogP contribution < -0.4 is 16.0 Å². The maximum absolute atomic E-state index is 12.3. The number of rotatable bonds is 10. The number of H-pyrrole nitrogens is 2. The highest BCUT2D eigenvalue weighted by Crippen LogP contribution is 2.27. The summed E-state index contributed by atoms with van der Waals surface area (Å²) >= 11 is 0. The molecule has 0 saturated heterocycles. The number of hydrogen-bond donors (Lipinski definition) is 3. The molecule has 0 aliphatic carbocycles. The molecule has 0 aromatic carbocycles. The molecule has 8 nitrogen and oxygen atoms in total. The Kier molecular flexibility index (Phi) is 8.71. The summed E-state index contributed by atoms with van der Waals surface area (Å²) in [5.41, 5.74) is 8.74. The summed E-state index contributed by atoms with van der Waals surface area (Å²) in [4.78, 5) is 47.7. The lowest BCUT2D eigenvalue weighted by atomic mass is 10.0. The molecule has 0 radical (unpaired) electrons. The smallest absolute Gasteiger partial charge is 0.305 e. The van der Waals surface area contributed by atoms with Gasteiger partial charge < -0.3 is 20.0 Å². The third-order valence-corrected chi connectivity index (χ3v) is 7.53. The average molecular weight is 553 g/mol. The standard InChI is InChI=1S/C33H36N4O4/c1-8-11-21-14-22(15-26-18(4)24(10-3)33(40)36-26)34-28(21)17-30-25(12-13-31(38)41-7)19(5)27(35-30)16-29-23(9-2)20(6)32(39)37-29/h9-10,14-17,34-35H,2-3,8,11-13H2,1,4-7H3,(H,37,39)/b22-15?,28-17-,29-16-. The molecule has 8 heteroatoms. The topological polar surface area (TPSA) is 116 Å². The molecule has 3 N–H and O–H groups in total. The average Bonchev–Trinajstić information content (AvgIpc) is 3.62. The van der Waals surface area contributed by atoms with E-state index in [2.05, 4.69) is 46.4 Å². The Morgan fingerprint density at radius 1 is 0.976 bits per heavy atom. The van der Waals surface area contributed by atoms with Crippen LogP contribution >= 0.6 is 0 Å². The number of aliphatic imine (C=N–C) groups is 1. The van der Waals surface area contributed by atoms with E-state index < -0.39 is 0 Å². The minimum Gasteiger partial charge on any atom is -0.469 e. The fourth-order valence-corrected chi connectivity index (χ4v) is 5.17. The SMILES string of the molecule is C=CC1=C(C)C(C=c2cc(CCC)/c(=C/c3[nH]c(/C=C4\NC(=O)C(C)=C4C=C)c(C)c3CCC(=O)OC)[nH]2)=NC1=O. The zero-order chi connectivity index (χ0) is 29.8. The minimum atomic E-state index is -0.287. The van der Waals surface area contributed by atoms with Crippen molar-refractivity contribution in [2.75, 3.05) is 7.11 Å². The van der Waals surface area contributed by atoms with Gasteiger partial charge in [-0.2, -0.15) is 0 Å². The molecule has 2 aliphatic heterocycles. The summed E-state index contributed by atoms with van der Waals surface area (Å²) in [6.45, 7) is 15.3. The van der Waals surface area contributed by atoms with Crippen molar-refractivity contribution in [1.82, 2.24) is 15.3 Å². The summed E-state index contributed by atoms with van der Waals surface area (Å²) in [6.07, 6.45) is 11.6. The Bertz CT molecular complexity index is 1720. The molecule has 0 saturated carbocycles. The number of nitrogens with zero attached hydrogens (tertiary/aromatic N) is 1. The third-order valence-electron chi connectivity index (χ3n) is 7.53. The van der Waals surface area contributed by atoms with Crippen molar-refractivity contribution < 1.29 is 19.1 Å². The van der Waals surface area contributed by atoms with E-state index in [1.165, 1.54) is 7.11 Å². The van der Waals surface area contributed by atoms with Crippen LogP contribution in [0.3, 0.4) is 0 Å². The van der Waals surface area contributed by atoms with Crippen LogP contribution in [0.5, 0.6) is 0 Å². The van der Waals surface area contributed by atoms with Gasteiger partial charge in [0.25, 0.3) is 11.8 Å². The van der Waals surface area contributed by atoms with Crippen LogP contribution in [0.1, 0.15) is 61.7 Å². The van der Waals surface area contributed by atoms with Gasteiger partial charge in [-0.05, 0) is 80.2 Å². The number of methoxy groups -OCH3 is 1. The number of aromatic nitrogens is 2. The quantitative estimate of drug-likeness (QED) is 0.389. The number of aromatic amines is 2. The summed E-state index contributed by atoms with van der Waals surface area (Å²) in [7, 11) is 1.38. The van der Waals surface area contributed by atoms with E-state index in [0.717, 1.165) is 62.8 Å². The van der Waals surface area contributed by atoms with Gasteiger partial charge in [0.15, 0.2) is 0 Å². The van der Waals surface area contributed by atoms with Crippen LogP contribution in [-0.4, -0.2) is 40.6 Å². The fraction of sp³-hybridized carbons (Fsp3) is 0.273. The maximum Gasteiger partial charge on any atom is 0.305 e. The first-order valence-electron chi connectivity index (χ1n) is 13.6. The maximum atomic E-state index is 12.3. The molecule has 2 aromatic heterocycles. The van der Waals surface area contributed by atoms with Crippen molar-refractivity contribution >= 4 is 41.7 Å². The van der Waals surface area contributed by atoms with Crippen LogP contribution in [-0.2, 0) is 32.0 Å². The van der Waals surface area contributed by atoms with E-state index >= 15 is 0 Å². The van der Waals surface area contributed by atoms with E-state index in [1.807, 2.05) is 32.1 Å². The highest BCUT2D eigenvalue weighted by Gasteiger charge is 2.23. The highest BCUT2D eigenvalue weighted by atomic mass is 16.5. The molecule has 0 atom stereocenters. The van der Waals surface area contributed by atoms with E-state index in [1.54, 1.807) is 19.1 Å². The molecule has 0 spiro atoms. The third kappa shape index (κ3) is 5.91. The Balaban J connectivity index is 1.85. The molecule has 0 fully saturated rings. The molecule has 0 unspecified atom stereocenters. The molecule has 2 aromatic rings. The van der Waals surface area contributed by atoms with Crippen LogP contribution in [0.4, 0.5) is 0 Å². The number of carbonyl (C=O) groups is 3. The summed E-state index contributed by atoms with van der Waals surface area (Å²) < 4.78 is 4.89. The lowest BCUT2D eigenvalue weighted by Gasteiger charge is -2.03. The van der Waals surface area contributed by atoms with Crippen molar-refractivity contribution in [3.63, 3.8) is 0 Å². The number of amides is 2. The number of esters is 1. The molecule has 4 heterocycles. The van der Waals surface area contributed by atoms with E-state index in [4.69, 9.17) is 4.74 Å². The van der Waals surface area contributed by atoms with Crippen molar-refractivity contribution in [2.24, 2.45) is 4.99 Å². The van der Waals surface area contributed by atoms with Gasteiger partial charge >= 0.3 is 5.97 Å². The van der Waals surface area contributed by atoms with Crippen LogP contribution in [0.25, 0.3) is 18.2 Å². The Morgan fingerprint density at radius 3 is 2.34 bits per heavy atom. The predicted octanol–water partition coefficient (Wildman–Crippen LogP) is 3.78. The van der Waals surface area contributed by atoms with Gasteiger partial charge in [0.1, 0.15) is 0 Å². The van der Waals surface area contributed by atoms with Crippen LogP contribution in [0.2, 0.25) is 0 Å². The Morgan fingerprint density at radius 2 is 1.71 bits per heavy atom. The number of hydrogen-bond acceptors (Lipinski definition) is 4. The number of nitrogens with one attached hydrogen (secondary N) is 3. The normalized spacial score (nSPS) is 17.2. The van der Waals surface area contributed by atoms with Gasteiger partial charge in [-0.1, -0.05) is 38.7 Å². The van der Waals surface area contributed by atoms with Gasteiger partial charge in [0, 0.05) is 45.2 Å². The number of aryl methyl sites for hydroxylation is 1. The Hall–Kier alpha value is -4.72. The second-order valence-corrected chi connectivity index (χ2v) is 10.1. The zero-order valence-corrected chi connectivity index (χ0v) is 24.3. The van der Waals surface area contributed by atoms with E-state index in [-0.39, 0.29) is 24.2 Å². The second kappa shape index (κ2) is 12.2. The number of ether oxygens (including phenoxy) is 1. The molecule has 212 valence electrons. The number of allylic oxidation sites excluding steroid dienone is 2. The summed E-state index contributed by atoms with van der Waals surface area (Å²) in [5, 5.41) is 4.67. The van der Waals surface area contributed by atoms with Gasteiger partial charge in [0.05, 0.1) is 18.5 Å². The first kappa shape index (κ1) is 29.3. The first-order chi connectivity index (χ1) is 19.6. The van der Waals surface area contributed by atoms with Crippen molar-refractivity contribution in [1.29, 1.82) is 0 Å². The van der Waals surface area contributed by atoms with Gasteiger partial charge in [0.2, 0.25) is 0 Å². The lowest BCUT2D eigenvalue weighted by molar-refractivity contribution is -0.140. The molecule has 2 amide bonds. The monoisotopic (exact) mass is 552 g/mol. The zero-order valence-electron chi connectivity index (χ0n) is 24.3. The van der Waals surface area contributed by atoms with Crippen molar-refractivity contribution in [2.45, 2.75) is 53.4 Å². The molecular weight excluding hydrogens is 516 g/mol. The molecular formula is C33H36N4O4. The van der Waals surface area contributed by atoms with Crippen LogP contribution in [0.15, 0.2) is 64.4 Å².